The molecule has 4 fully saturated rings. The average Bonchev–Trinajstić information content (AvgIpc) is 3.14. The van der Waals surface area contributed by atoms with Crippen molar-refractivity contribution in [2.45, 2.75) is 134 Å². The number of Topliss-reactive ketones (excluding diaryl/α,β-unsaturated/α-hetero) is 1. The van der Waals surface area contributed by atoms with Gasteiger partial charge in [-0.15, -0.1) is 0 Å². The number of ketones is 1. The zero-order chi connectivity index (χ0) is 32.7. The molecule has 10 heteroatoms. The normalized spacial score (nSPS) is 45.0. The molecular weight excluding hydrogens is 562 g/mol. The Balaban J connectivity index is 1.66. The van der Waals surface area contributed by atoms with Crippen molar-refractivity contribution in [3.05, 3.63) is 0 Å². The Morgan fingerprint density at radius 2 is 1.61 bits per heavy atom. The van der Waals surface area contributed by atoms with Gasteiger partial charge in [0, 0.05) is 43.7 Å². The van der Waals surface area contributed by atoms with E-state index in [0.29, 0.717) is 30.8 Å². The van der Waals surface area contributed by atoms with Crippen molar-refractivity contribution in [3.63, 3.8) is 0 Å². The first-order valence-corrected chi connectivity index (χ1v) is 16.8. The highest BCUT2D eigenvalue weighted by atomic mass is 16.7. The lowest BCUT2D eigenvalue weighted by Crippen LogP contribution is -2.59. The number of fused-ring (bicyclic) bond motifs is 2. The molecule has 0 spiro atoms. The Hall–Kier alpha value is -1.14. The van der Waals surface area contributed by atoms with Gasteiger partial charge >= 0.3 is 5.97 Å². The van der Waals surface area contributed by atoms with Crippen LogP contribution in [0.15, 0.2) is 0 Å². The van der Waals surface area contributed by atoms with Crippen LogP contribution in [0.4, 0.5) is 0 Å². The summed E-state index contributed by atoms with van der Waals surface area (Å²) in [7, 11) is 9.91. The van der Waals surface area contributed by atoms with Crippen LogP contribution in [-0.2, 0) is 28.5 Å². The second-order valence-electron chi connectivity index (χ2n) is 15.6. The molecule has 0 aromatic carbocycles. The molecule has 0 aliphatic carbocycles. The molecule has 0 aromatic heterocycles. The maximum Gasteiger partial charge on any atom is 0.319 e. The maximum atomic E-state index is 14.2. The van der Waals surface area contributed by atoms with Crippen LogP contribution in [0.5, 0.6) is 0 Å². The minimum Gasteiger partial charge on any atom is -0.463 e. The number of cyclic esters (lactones) is 1. The number of aliphatic hydroxyl groups is 1. The van der Waals surface area contributed by atoms with Gasteiger partial charge in [0.1, 0.15) is 18.1 Å². The van der Waals surface area contributed by atoms with Gasteiger partial charge in [-0.1, -0.05) is 13.8 Å². The van der Waals surface area contributed by atoms with E-state index in [2.05, 4.69) is 30.8 Å². The van der Waals surface area contributed by atoms with Gasteiger partial charge in [0.05, 0.1) is 17.8 Å². The number of hydrogen-bond donors (Lipinski definition) is 1. The summed E-state index contributed by atoms with van der Waals surface area (Å²) in [6.07, 6.45) is 3.13. The Kier molecular flexibility index (Phi) is 11.3. The van der Waals surface area contributed by atoms with Gasteiger partial charge in [-0.2, -0.15) is 0 Å². The number of ether oxygens (including phenoxy) is 4. The minimum absolute atomic E-state index is 0.0679. The first-order chi connectivity index (χ1) is 20.5. The first-order valence-electron chi connectivity index (χ1n) is 16.8. The number of aliphatic hydroxyl groups excluding tert-OH is 1. The van der Waals surface area contributed by atoms with Crippen LogP contribution in [0.3, 0.4) is 0 Å². The molecule has 4 rings (SSSR count). The fraction of sp³-hybridized carbons (Fsp3) is 0.941. The van der Waals surface area contributed by atoms with Crippen LogP contribution in [0.25, 0.3) is 0 Å². The second-order valence-corrected chi connectivity index (χ2v) is 15.6. The summed E-state index contributed by atoms with van der Waals surface area (Å²) in [6.45, 7) is 12.3. The molecular formula is C34H61N3O7. The molecule has 4 saturated heterocycles. The van der Waals surface area contributed by atoms with E-state index in [0.717, 1.165) is 19.4 Å². The Morgan fingerprint density at radius 1 is 1.00 bits per heavy atom. The van der Waals surface area contributed by atoms with Crippen molar-refractivity contribution >= 4 is 11.8 Å². The van der Waals surface area contributed by atoms with Crippen LogP contribution in [0, 0.1) is 23.2 Å². The van der Waals surface area contributed by atoms with E-state index in [-0.39, 0.29) is 36.5 Å². The molecule has 2 unspecified atom stereocenters. The third-order valence-electron chi connectivity index (χ3n) is 11.6. The SMILES string of the molecule is CO[C@]1(C)C[C@@H](C)CN(C)C(C2C[C@H]3CC[C@@H](C2)N3C)COC(=O)C(C)(C)C(=O)[C@H](C)[C@H]1O[C@@H]1O[C@H](C)C[C@H](N(C)C)[C@H]1O. The Labute approximate surface area is 266 Å². The lowest BCUT2D eigenvalue weighted by atomic mass is 9.74. The first kappa shape index (κ1) is 35.7. The van der Waals surface area contributed by atoms with Crippen molar-refractivity contribution in [1.29, 1.82) is 0 Å². The maximum absolute atomic E-state index is 14.2. The molecule has 1 N–H and O–H groups in total. The van der Waals surface area contributed by atoms with Crippen molar-refractivity contribution in [3.8, 4) is 0 Å². The number of rotatable bonds is 5. The highest BCUT2D eigenvalue weighted by Crippen LogP contribution is 2.42. The number of carbonyl (C=O) groups is 2. The number of esters is 1. The molecule has 4 heterocycles. The van der Waals surface area contributed by atoms with Gasteiger partial charge < -0.3 is 33.9 Å². The highest BCUT2D eigenvalue weighted by molar-refractivity contribution is 6.04. The number of nitrogens with zero attached hydrogens (tertiary/aromatic N) is 3. The van der Waals surface area contributed by atoms with Crippen LogP contribution in [0.1, 0.15) is 80.1 Å². The summed E-state index contributed by atoms with van der Waals surface area (Å²) in [4.78, 5) is 34.8. The molecule has 44 heavy (non-hydrogen) atoms. The zero-order valence-electron chi connectivity index (χ0n) is 29.2. The fourth-order valence-electron chi connectivity index (χ4n) is 8.83. The van der Waals surface area contributed by atoms with Crippen LogP contribution in [0.2, 0.25) is 0 Å². The average molecular weight is 624 g/mol. The van der Waals surface area contributed by atoms with Crippen LogP contribution in [-0.4, -0.2) is 134 Å². The third kappa shape index (κ3) is 7.21. The number of piperidine rings is 1. The molecule has 10 nitrogen and oxygen atoms in total. The van der Waals surface area contributed by atoms with E-state index in [1.165, 1.54) is 12.8 Å². The quantitative estimate of drug-likeness (QED) is 0.363. The van der Waals surface area contributed by atoms with Crippen molar-refractivity contribution < 1.29 is 33.6 Å². The summed E-state index contributed by atoms with van der Waals surface area (Å²) in [5.74, 6) is -0.923. The van der Waals surface area contributed by atoms with Gasteiger partial charge in [-0.05, 0) is 106 Å². The lowest BCUT2D eigenvalue weighted by Gasteiger charge is -2.47. The zero-order valence-corrected chi connectivity index (χ0v) is 29.2. The number of hydrogen-bond acceptors (Lipinski definition) is 10. The fourth-order valence-corrected chi connectivity index (χ4v) is 8.83. The minimum atomic E-state index is -1.39. The largest absolute Gasteiger partial charge is 0.463 e. The molecule has 0 amide bonds. The van der Waals surface area contributed by atoms with Gasteiger partial charge in [0.25, 0.3) is 0 Å². The van der Waals surface area contributed by atoms with Crippen molar-refractivity contribution in [2.75, 3.05) is 48.5 Å². The monoisotopic (exact) mass is 623 g/mol. The molecule has 4 aliphatic rings. The lowest BCUT2D eigenvalue weighted by molar-refractivity contribution is -0.295. The van der Waals surface area contributed by atoms with Crippen molar-refractivity contribution in [1.82, 2.24) is 14.7 Å². The molecule has 2 bridgehead atoms. The number of likely N-dealkylation sites (N-methyl/N-ethyl adjacent to an activating group) is 2. The van der Waals surface area contributed by atoms with Gasteiger partial charge in [-0.25, -0.2) is 0 Å². The molecule has 0 aromatic rings. The summed E-state index contributed by atoms with van der Waals surface area (Å²) >= 11 is 0. The molecule has 0 radical (unpaired) electrons. The summed E-state index contributed by atoms with van der Waals surface area (Å²) in [5.41, 5.74) is -2.29. The van der Waals surface area contributed by atoms with E-state index in [1.807, 2.05) is 32.8 Å². The van der Waals surface area contributed by atoms with E-state index in [1.54, 1.807) is 27.9 Å². The summed E-state index contributed by atoms with van der Waals surface area (Å²) < 4.78 is 25.1. The molecule has 12 atom stereocenters. The van der Waals surface area contributed by atoms with Gasteiger partial charge in [0.15, 0.2) is 12.1 Å². The standard InChI is InChI=1S/C34H61N3O7/c1-20-17-34(6,41-11)30(44-31-28(38)26(35(7)8)14-21(2)43-31)22(3)29(39)33(4,5)32(40)42-19-27(36(9)18-20)23-15-24-12-13-25(16-23)37(24)10/h20-28,30-31,38H,12-19H2,1-11H3/t20-,21-,22+,23?,24-,25+,26+,27?,28-,30-,31+,34-/m1/s1. The molecule has 4 aliphatic heterocycles. The van der Waals surface area contributed by atoms with Crippen molar-refractivity contribution in [2.24, 2.45) is 23.2 Å². The molecule has 254 valence electrons. The van der Waals surface area contributed by atoms with E-state index >= 15 is 0 Å². The van der Waals surface area contributed by atoms with E-state index in [4.69, 9.17) is 18.9 Å². The van der Waals surface area contributed by atoms with Gasteiger partial charge in [0.2, 0.25) is 0 Å². The third-order valence-corrected chi connectivity index (χ3v) is 11.6. The number of carbonyl (C=O) groups excluding carboxylic acids is 2. The number of methoxy groups -OCH3 is 1. The van der Waals surface area contributed by atoms with Crippen LogP contribution >= 0.6 is 0 Å². The predicted octanol–water partition coefficient (Wildman–Crippen LogP) is 3.19. The van der Waals surface area contributed by atoms with Gasteiger partial charge in [-0.3, -0.25) is 14.5 Å². The topological polar surface area (TPSA) is 101 Å². The van der Waals surface area contributed by atoms with Crippen LogP contribution < -0.4 is 0 Å². The second kappa shape index (κ2) is 13.9. The summed E-state index contributed by atoms with van der Waals surface area (Å²) in [5, 5.41) is 11.3. The van der Waals surface area contributed by atoms with E-state index in [9.17, 15) is 14.7 Å². The Morgan fingerprint density at radius 3 is 2.18 bits per heavy atom. The summed E-state index contributed by atoms with van der Waals surface area (Å²) in [6, 6.07) is 1.05. The molecule has 0 saturated carbocycles. The highest BCUT2D eigenvalue weighted by Gasteiger charge is 2.52. The smallest absolute Gasteiger partial charge is 0.319 e. The predicted molar refractivity (Wildman–Crippen MR) is 169 cm³/mol. The Bertz CT molecular complexity index is 995. The van der Waals surface area contributed by atoms with E-state index < -0.39 is 41.4 Å².